The Kier molecular flexibility index (Phi) is 5.57. The summed E-state index contributed by atoms with van der Waals surface area (Å²) < 4.78 is 5.91. The highest BCUT2D eigenvalue weighted by molar-refractivity contribution is 5.66. The minimum absolute atomic E-state index is 0.0541. The van der Waals surface area contributed by atoms with Crippen LogP contribution in [0.15, 0.2) is 12.2 Å². The Balaban J connectivity index is 1.50. The van der Waals surface area contributed by atoms with Crippen LogP contribution in [-0.4, -0.2) is 12.1 Å². The Labute approximate surface area is 210 Å². The summed E-state index contributed by atoms with van der Waals surface area (Å²) in [5, 5.41) is 0. The number of ether oxygens (including phenoxy) is 1. The number of carbonyl (C=O) groups excluding carboxylic acids is 1. The average Bonchev–Trinajstić information content (AvgIpc) is 2.74. The first-order valence-corrected chi connectivity index (χ1v) is 14.6. The molecule has 0 bridgehead atoms. The van der Waals surface area contributed by atoms with Gasteiger partial charge < -0.3 is 4.74 Å². The molecule has 0 saturated heterocycles. The first kappa shape index (κ1) is 24.9. The Morgan fingerprint density at radius 2 is 1.56 bits per heavy atom. The molecule has 0 aliphatic heterocycles. The van der Waals surface area contributed by atoms with Gasteiger partial charge in [-0.3, -0.25) is 4.79 Å². The summed E-state index contributed by atoms with van der Waals surface area (Å²) >= 11 is 0. The van der Waals surface area contributed by atoms with Crippen LogP contribution in [0.4, 0.5) is 0 Å². The summed E-state index contributed by atoms with van der Waals surface area (Å²) in [5.41, 5.74) is 3.28. The Morgan fingerprint density at radius 1 is 0.853 bits per heavy atom. The van der Waals surface area contributed by atoms with E-state index in [-0.39, 0.29) is 17.5 Å². The number of hydrogen-bond donors (Lipinski definition) is 0. The van der Waals surface area contributed by atoms with E-state index in [1.807, 2.05) is 0 Å². The first-order chi connectivity index (χ1) is 15.7. The zero-order valence-electron chi connectivity index (χ0n) is 23.6. The molecule has 0 radical (unpaired) electrons. The number of fused-ring (bicyclic) bond motifs is 7. The first-order valence-electron chi connectivity index (χ1n) is 14.6. The van der Waals surface area contributed by atoms with Crippen molar-refractivity contribution in [1.29, 1.82) is 0 Å². The number of rotatable bonds is 1. The van der Waals surface area contributed by atoms with Crippen molar-refractivity contribution < 1.29 is 9.53 Å². The second-order valence-electron chi connectivity index (χ2n) is 15.3. The van der Waals surface area contributed by atoms with Gasteiger partial charge in [0.2, 0.25) is 0 Å². The van der Waals surface area contributed by atoms with Gasteiger partial charge in [0, 0.05) is 12.3 Å². The second-order valence-corrected chi connectivity index (χ2v) is 15.3. The molecule has 5 aliphatic carbocycles. The minimum atomic E-state index is -0.108. The molecule has 3 unspecified atom stereocenters. The van der Waals surface area contributed by atoms with E-state index in [0.717, 1.165) is 24.2 Å². The van der Waals surface area contributed by atoms with Gasteiger partial charge in [-0.2, -0.15) is 0 Å². The van der Waals surface area contributed by atoms with E-state index in [2.05, 4.69) is 55.0 Å². The molecule has 0 aromatic heterocycles. The third-order valence-electron chi connectivity index (χ3n) is 13.8. The van der Waals surface area contributed by atoms with Crippen LogP contribution in [0.25, 0.3) is 0 Å². The van der Waals surface area contributed by atoms with Crippen molar-refractivity contribution in [1.82, 2.24) is 0 Å². The lowest BCUT2D eigenvalue weighted by Gasteiger charge is -2.73. The van der Waals surface area contributed by atoms with Crippen LogP contribution in [0.2, 0.25) is 0 Å². The minimum Gasteiger partial charge on any atom is -0.462 e. The van der Waals surface area contributed by atoms with Crippen molar-refractivity contribution in [2.24, 2.45) is 56.7 Å². The summed E-state index contributed by atoms with van der Waals surface area (Å²) in [6, 6.07) is 0. The Hall–Kier alpha value is -0.790. The van der Waals surface area contributed by atoms with Crippen molar-refractivity contribution in [2.75, 3.05) is 0 Å². The molecule has 5 saturated carbocycles. The summed E-state index contributed by atoms with van der Waals surface area (Å²) in [7, 11) is 0. The maximum Gasteiger partial charge on any atom is 0.302 e. The molecule has 0 aromatic rings. The highest BCUT2D eigenvalue weighted by atomic mass is 16.5. The van der Waals surface area contributed by atoms with E-state index in [1.54, 1.807) is 6.92 Å². The zero-order valence-corrected chi connectivity index (χ0v) is 23.6. The van der Waals surface area contributed by atoms with Crippen LogP contribution < -0.4 is 0 Å². The predicted molar refractivity (Wildman–Crippen MR) is 140 cm³/mol. The van der Waals surface area contributed by atoms with E-state index in [4.69, 9.17) is 4.74 Å². The SMILES string of the molecule is C=C1CC[C@]2(C)CC[C@]3(C)[C@@H](CC[C@H]4[C@@]5(C)CCC(OC(C)=O)C(C)(C)C5CC[C@]43C)[C@@H]2C1C. The number of allylic oxidation sites excluding steroid dienone is 1. The molecular formula is C32H52O2. The molecule has 2 heteroatoms. The van der Waals surface area contributed by atoms with E-state index < -0.39 is 0 Å². The third kappa shape index (κ3) is 3.08. The molecule has 5 aliphatic rings. The van der Waals surface area contributed by atoms with Crippen LogP contribution in [0, 0.1) is 56.7 Å². The molecule has 0 aromatic carbocycles. The fourth-order valence-corrected chi connectivity index (χ4v) is 11.8. The van der Waals surface area contributed by atoms with Crippen molar-refractivity contribution in [3.05, 3.63) is 12.2 Å². The molecule has 2 nitrogen and oxygen atoms in total. The van der Waals surface area contributed by atoms with Gasteiger partial charge >= 0.3 is 5.97 Å². The van der Waals surface area contributed by atoms with Crippen molar-refractivity contribution in [3.63, 3.8) is 0 Å². The van der Waals surface area contributed by atoms with Crippen molar-refractivity contribution >= 4 is 5.97 Å². The average molecular weight is 469 g/mol. The molecule has 0 amide bonds. The number of hydrogen-bond acceptors (Lipinski definition) is 2. The summed E-state index contributed by atoms with van der Waals surface area (Å²) in [5.74, 6) is 3.64. The summed E-state index contributed by atoms with van der Waals surface area (Å²) in [6.07, 6.45) is 13.2. The Morgan fingerprint density at radius 3 is 2.24 bits per heavy atom. The standard InChI is InChI=1S/C32H52O2/c1-20-12-15-29(6)18-19-31(8)23(27(29)21(20)2)10-11-25-30(7)16-14-26(34-22(3)33)28(4,5)24(30)13-17-32(25,31)9/h21,23-27H,1,10-19H2,2-9H3/t21?,23-,24?,25-,26?,27-,29+,30-,31+,32+/m0/s1. The van der Waals surface area contributed by atoms with E-state index in [0.29, 0.717) is 33.5 Å². The lowest BCUT2D eigenvalue weighted by Crippen LogP contribution is -2.67. The molecule has 0 N–H and O–H groups in total. The highest BCUT2D eigenvalue weighted by Crippen LogP contribution is 2.77. The quantitative estimate of drug-likeness (QED) is 0.284. The fraction of sp³-hybridized carbons (Fsp3) is 0.906. The van der Waals surface area contributed by atoms with E-state index >= 15 is 0 Å². The molecule has 0 heterocycles. The second kappa shape index (κ2) is 7.61. The van der Waals surface area contributed by atoms with E-state index in [1.165, 1.54) is 63.4 Å². The lowest BCUT2D eigenvalue weighted by molar-refractivity contribution is -0.253. The highest BCUT2D eigenvalue weighted by Gasteiger charge is 2.70. The molecule has 5 rings (SSSR count). The van der Waals surface area contributed by atoms with Gasteiger partial charge in [-0.05, 0) is 115 Å². The van der Waals surface area contributed by atoms with Crippen LogP contribution >= 0.6 is 0 Å². The maximum atomic E-state index is 11.9. The van der Waals surface area contributed by atoms with Gasteiger partial charge in [0.15, 0.2) is 0 Å². The van der Waals surface area contributed by atoms with Crippen LogP contribution in [0.1, 0.15) is 120 Å². The van der Waals surface area contributed by atoms with Gasteiger partial charge in [0.1, 0.15) is 6.10 Å². The summed E-state index contributed by atoms with van der Waals surface area (Å²) in [4.78, 5) is 11.9. The van der Waals surface area contributed by atoms with Crippen molar-refractivity contribution in [2.45, 2.75) is 126 Å². The molecule has 10 atom stereocenters. The van der Waals surface area contributed by atoms with Gasteiger partial charge in [0.25, 0.3) is 0 Å². The molecule has 5 fully saturated rings. The fourth-order valence-electron chi connectivity index (χ4n) is 11.8. The normalized spacial score (nSPS) is 54.2. The predicted octanol–water partition coefficient (Wildman–Crippen LogP) is 8.60. The topological polar surface area (TPSA) is 26.3 Å². The van der Waals surface area contributed by atoms with Gasteiger partial charge in [-0.1, -0.05) is 60.6 Å². The zero-order chi connectivity index (χ0) is 24.9. The van der Waals surface area contributed by atoms with Gasteiger partial charge in [-0.25, -0.2) is 0 Å². The van der Waals surface area contributed by atoms with Crippen molar-refractivity contribution in [3.8, 4) is 0 Å². The van der Waals surface area contributed by atoms with Gasteiger partial charge in [-0.15, -0.1) is 0 Å². The smallest absolute Gasteiger partial charge is 0.302 e. The van der Waals surface area contributed by atoms with Crippen LogP contribution in [0.3, 0.4) is 0 Å². The Bertz CT molecular complexity index is 872. The van der Waals surface area contributed by atoms with Gasteiger partial charge in [0.05, 0.1) is 0 Å². The molecule has 34 heavy (non-hydrogen) atoms. The lowest BCUT2D eigenvalue weighted by atomic mass is 9.31. The molecular weight excluding hydrogens is 416 g/mol. The van der Waals surface area contributed by atoms with Crippen LogP contribution in [-0.2, 0) is 9.53 Å². The largest absolute Gasteiger partial charge is 0.462 e. The maximum absolute atomic E-state index is 11.9. The number of carbonyl (C=O) groups is 1. The van der Waals surface area contributed by atoms with E-state index in [9.17, 15) is 4.79 Å². The van der Waals surface area contributed by atoms with Crippen LogP contribution in [0.5, 0.6) is 0 Å². The molecule has 192 valence electrons. The number of esters is 1. The monoisotopic (exact) mass is 468 g/mol. The third-order valence-corrected chi connectivity index (χ3v) is 13.8. The molecule has 0 spiro atoms. The summed E-state index contributed by atoms with van der Waals surface area (Å²) in [6.45, 7) is 24.2.